The number of hydrogen-bond donors (Lipinski definition) is 2. The minimum absolute atomic E-state index is 0.0341. The van der Waals surface area contributed by atoms with Gasteiger partial charge in [0, 0.05) is 22.0 Å². The minimum atomic E-state index is -0.288. The molecule has 8 heteroatoms. The van der Waals surface area contributed by atoms with Gasteiger partial charge in [-0.1, -0.05) is 11.6 Å². The molecule has 30 heavy (non-hydrogen) atoms. The van der Waals surface area contributed by atoms with Crippen LogP contribution in [0.25, 0.3) is 0 Å². The Morgan fingerprint density at radius 3 is 2.10 bits per heavy atom. The van der Waals surface area contributed by atoms with Crippen LogP contribution in [0.2, 0.25) is 5.02 Å². The van der Waals surface area contributed by atoms with E-state index in [1.807, 2.05) is 0 Å². The van der Waals surface area contributed by atoms with E-state index in [1.165, 1.54) is 23.9 Å². The maximum absolute atomic E-state index is 12.9. The van der Waals surface area contributed by atoms with Crippen molar-refractivity contribution in [3.63, 3.8) is 0 Å². The van der Waals surface area contributed by atoms with Crippen molar-refractivity contribution in [1.82, 2.24) is 10.6 Å². The van der Waals surface area contributed by atoms with Crippen molar-refractivity contribution in [2.24, 2.45) is 0 Å². The van der Waals surface area contributed by atoms with Gasteiger partial charge in [-0.25, -0.2) is 4.39 Å². The number of thioether (sulfide) groups is 1. The van der Waals surface area contributed by atoms with Gasteiger partial charge in [-0.2, -0.15) is 0 Å². The molecular formula is C22H24ClFN2O3S. The fourth-order valence-corrected chi connectivity index (χ4v) is 4.12. The van der Waals surface area contributed by atoms with E-state index in [1.54, 1.807) is 36.4 Å². The van der Waals surface area contributed by atoms with Crippen LogP contribution in [0.3, 0.4) is 0 Å². The highest BCUT2D eigenvalue weighted by Gasteiger charge is 2.23. The lowest BCUT2D eigenvalue weighted by atomic mass is 9.91. The maximum Gasteiger partial charge on any atom is 0.258 e. The summed E-state index contributed by atoms with van der Waals surface area (Å²) in [4.78, 5) is 25.1. The molecule has 2 aromatic rings. The van der Waals surface area contributed by atoms with Crippen LogP contribution in [-0.4, -0.2) is 36.3 Å². The highest BCUT2D eigenvalue weighted by atomic mass is 35.5. The maximum atomic E-state index is 12.9. The Balaban J connectivity index is 1.31. The summed E-state index contributed by atoms with van der Waals surface area (Å²) in [7, 11) is 0. The SMILES string of the molecule is O=C(COc1ccc(Cl)cc1)N[C@H]1CC[C@H](NC(=O)CSc2ccc(F)cc2)CC1. The quantitative estimate of drug-likeness (QED) is 0.592. The molecule has 1 aliphatic carbocycles. The minimum Gasteiger partial charge on any atom is -0.484 e. The predicted molar refractivity (Wildman–Crippen MR) is 116 cm³/mol. The van der Waals surface area contributed by atoms with Crippen molar-refractivity contribution in [2.75, 3.05) is 12.4 Å². The number of ether oxygens (including phenoxy) is 1. The van der Waals surface area contributed by atoms with Gasteiger partial charge in [-0.05, 0) is 74.2 Å². The summed E-state index contributed by atoms with van der Waals surface area (Å²) >= 11 is 7.20. The van der Waals surface area contributed by atoms with Gasteiger partial charge in [0.25, 0.3) is 5.91 Å². The predicted octanol–water partition coefficient (Wildman–Crippen LogP) is 4.19. The van der Waals surface area contributed by atoms with Crippen LogP contribution in [0.1, 0.15) is 25.7 Å². The topological polar surface area (TPSA) is 67.4 Å². The highest BCUT2D eigenvalue weighted by Crippen LogP contribution is 2.21. The zero-order chi connectivity index (χ0) is 21.3. The van der Waals surface area contributed by atoms with Gasteiger partial charge >= 0.3 is 0 Å². The van der Waals surface area contributed by atoms with Crippen LogP contribution in [0.4, 0.5) is 4.39 Å². The first-order valence-corrected chi connectivity index (χ1v) is 11.2. The molecule has 2 N–H and O–H groups in total. The molecular weight excluding hydrogens is 427 g/mol. The van der Waals surface area contributed by atoms with Gasteiger partial charge in [-0.15, -0.1) is 11.8 Å². The number of hydrogen-bond acceptors (Lipinski definition) is 4. The number of nitrogens with one attached hydrogen (secondary N) is 2. The summed E-state index contributed by atoms with van der Waals surface area (Å²) in [5.74, 6) is 0.412. The number of carbonyl (C=O) groups is 2. The Morgan fingerprint density at radius 1 is 0.933 bits per heavy atom. The van der Waals surface area contributed by atoms with Crippen LogP contribution in [0.15, 0.2) is 53.4 Å². The van der Waals surface area contributed by atoms with Crippen molar-refractivity contribution >= 4 is 35.2 Å². The van der Waals surface area contributed by atoms with Gasteiger partial charge in [0.05, 0.1) is 5.75 Å². The van der Waals surface area contributed by atoms with Gasteiger partial charge in [0.2, 0.25) is 5.91 Å². The van der Waals surface area contributed by atoms with Gasteiger partial charge in [0.1, 0.15) is 11.6 Å². The Bertz CT molecular complexity index is 769. The monoisotopic (exact) mass is 450 g/mol. The summed E-state index contributed by atoms with van der Waals surface area (Å²) in [5.41, 5.74) is 0. The number of halogens is 2. The second-order valence-corrected chi connectivity index (χ2v) is 8.65. The van der Waals surface area contributed by atoms with Crippen molar-refractivity contribution in [3.05, 3.63) is 59.4 Å². The molecule has 0 bridgehead atoms. The molecule has 0 spiro atoms. The normalized spacial score (nSPS) is 18.5. The van der Waals surface area contributed by atoms with Crippen LogP contribution in [0, 0.1) is 5.82 Å². The summed E-state index contributed by atoms with van der Waals surface area (Å²) in [5, 5.41) is 6.65. The summed E-state index contributed by atoms with van der Waals surface area (Å²) in [6, 6.07) is 13.2. The van der Waals surface area contributed by atoms with Crippen molar-refractivity contribution in [2.45, 2.75) is 42.7 Å². The third kappa shape index (κ3) is 7.54. The molecule has 0 atom stereocenters. The number of amides is 2. The Hall–Kier alpha value is -2.25. The van der Waals surface area contributed by atoms with Gasteiger partial charge in [-0.3, -0.25) is 9.59 Å². The lowest BCUT2D eigenvalue weighted by molar-refractivity contribution is -0.124. The van der Waals surface area contributed by atoms with Gasteiger partial charge in [0.15, 0.2) is 6.61 Å². The van der Waals surface area contributed by atoms with Crippen LogP contribution in [-0.2, 0) is 9.59 Å². The third-order valence-electron chi connectivity index (χ3n) is 4.82. The number of carbonyl (C=O) groups excluding carboxylic acids is 2. The van der Waals surface area contributed by atoms with E-state index < -0.39 is 0 Å². The van der Waals surface area contributed by atoms with E-state index in [0.717, 1.165) is 30.6 Å². The molecule has 0 radical (unpaired) electrons. The van der Waals surface area contributed by atoms with Crippen LogP contribution < -0.4 is 15.4 Å². The zero-order valence-electron chi connectivity index (χ0n) is 16.4. The van der Waals surface area contributed by atoms with E-state index >= 15 is 0 Å². The fourth-order valence-electron chi connectivity index (χ4n) is 3.28. The standard InChI is InChI=1S/C22H24ClFN2O3S/c23-15-1-9-19(10-2-15)29-13-21(27)25-17-5-7-18(8-6-17)26-22(28)14-30-20-11-3-16(24)4-12-20/h1-4,9-12,17-18H,5-8,13-14H2,(H,25,27)(H,26,28)/t17-,18-. The Labute approximate surface area is 184 Å². The lowest BCUT2D eigenvalue weighted by Gasteiger charge is -2.29. The molecule has 2 aromatic carbocycles. The Morgan fingerprint density at radius 2 is 1.50 bits per heavy atom. The molecule has 0 aliphatic heterocycles. The molecule has 2 amide bonds. The van der Waals surface area contributed by atoms with Crippen molar-refractivity contribution in [3.8, 4) is 5.75 Å². The summed E-state index contributed by atoms with van der Waals surface area (Å²) < 4.78 is 18.4. The molecule has 1 saturated carbocycles. The molecule has 3 rings (SSSR count). The van der Waals surface area contributed by atoms with E-state index in [-0.39, 0.29) is 36.3 Å². The molecule has 0 heterocycles. The summed E-state index contributed by atoms with van der Waals surface area (Å²) in [6.45, 7) is -0.0428. The average molecular weight is 451 g/mol. The average Bonchev–Trinajstić information content (AvgIpc) is 2.74. The van der Waals surface area contributed by atoms with E-state index in [9.17, 15) is 14.0 Å². The molecule has 5 nitrogen and oxygen atoms in total. The van der Waals surface area contributed by atoms with E-state index in [4.69, 9.17) is 16.3 Å². The lowest BCUT2D eigenvalue weighted by Crippen LogP contribution is -2.45. The second kappa shape index (κ2) is 11.2. The molecule has 0 unspecified atom stereocenters. The van der Waals surface area contributed by atoms with Crippen molar-refractivity contribution < 1.29 is 18.7 Å². The smallest absolute Gasteiger partial charge is 0.258 e. The van der Waals surface area contributed by atoms with E-state index in [2.05, 4.69) is 10.6 Å². The van der Waals surface area contributed by atoms with Gasteiger partial charge < -0.3 is 15.4 Å². The zero-order valence-corrected chi connectivity index (χ0v) is 18.0. The first-order valence-electron chi connectivity index (χ1n) is 9.83. The second-order valence-electron chi connectivity index (χ2n) is 7.17. The Kier molecular flexibility index (Phi) is 8.39. The molecule has 0 aromatic heterocycles. The third-order valence-corrected chi connectivity index (χ3v) is 6.09. The molecule has 0 saturated heterocycles. The highest BCUT2D eigenvalue weighted by molar-refractivity contribution is 8.00. The van der Waals surface area contributed by atoms with Crippen LogP contribution >= 0.6 is 23.4 Å². The van der Waals surface area contributed by atoms with Crippen LogP contribution in [0.5, 0.6) is 5.75 Å². The van der Waals surface area contributed by atoms with Crippen molar-refractivity contribution in [1.29, 1.82) is 0 Å². The number of rotatable bonds is 8. The first kappa shape index (κ1) is 22.4. The molecule has 160 valence electrons. The van der Waals surface area contributed by atoms with E-state index in [0.29, 0.717) is 16.5 Å². The molecule has 1 fully saturated rings. The number of benzene rings is 2. The fraction of sp³-hybridized carbons (Fsp3) is 0.364. The molecule has 1 aliphatic rings. The largest absolute Gasteiger partial charge is 0.484 e. The first-order chi connectivity index (χ1) is 14.5. The summed E-state index contributed by atoms with van der Waals surface area (Å²) in [6.07, 6.45) is 3.25.